The largest absolute Gasteiger partial charge is 0.378 e. The second kappa shape index (κ2) is 7.00. The maximum atomic E-state index is 11.5. The summed E-state index contributed by atoms with van der Waals surface area (Å²) >= 11 is 3.51. The van der Waals surface area contributed by atoms with E-state index in [0.717, 1.165) is 27.0 Å². The zero-order valence-electron chi connectivity index (χ0n) is 15.3. The van der Waals surface area contributed by atoms with Crippen molar-refractivity contribution in [3.8, 4) is 0 Å². The molecule has 0 amide bonds. The molecule has 2 atom stereocenters. The number of nitrogens with zero attached hydrogens (tertiary/aromatic N) is 3. The molecule has 144 valence electrons. The first-order valence-electron chi connectivity index (χ1n) is 9.33. The number of fused-ring (bicyclic) bond motifs is 3. The molecule has 2 aliphatic heterocycles. The summed E-state index contributed by atoms with van der Waals surface area (Å²) in [5, 5.41) is 21.8. The highest BCUT2D eigenvalue weighted by atomic mass is 79.9. The van der Waals surface area contributed by atoms with Gasteiger partial charge >= 0.3 is 0 Å². The highest BCUT2D eigenvalue weighted by Crippen LogP contribution is 2.45. The van der Waals surface area contributed by atoms with Crippen molar-refractivity contribution in [3.05, 3.63) is 98.5 Å². The Labute approximate surface area is 176 Å². The topological polar surface area (TPSA) is 70.8 Å². The minimum Gasteiger partial charge on any atom is -0.378 e. The number of benzene rings is 3. The molecule has 0 fully saturated rings. The van der Waals surface area contributed by atoms with Crippen molar-refractivity contribution in [2.75, 3.05) is 16.9 Å². The number of para-hydroxylation sites is 2. The van der Waals surface area contributed by atoms with Crippen LogP contribution >= 0.6 is 15.9 Å². The SMILES string of the molecule is O=[N+]([O-])c1cccc2c1NCC1C2=NN(c2ccccc2)C1c1ccc(Br)cc1. The van der Waals surface area contributed by atoms with Crippen LogP contribution in [0.5, 0.6) is 0 Å². The van der Waals surface area contributed by atoms with E-state index in [1.54, 1.807) is 6.07 Å². The van der Waals surface area contributed by atoms with Crippen molar-refractivity contribution >= 4 is 38.7 Å². The molecule has 6 nitrogen and oxygen atoms in total. The van der Waals surface area contributed by atoms with Crippen molar-refractivity contribution in [2.45, 2.75) is 6.04 Å². The molecule has 2 aliphatic rings. The lowest BCUT2D eigenvalue weighted by Crippen LogP contribution is -2.34. The van der Waals surface area contributed by atoms with Crippen LogP contribution in [0.3, 0.4) is 0 Å². The van der Waals surface area contributed by atoms with Gasteiger partial charge in [0.2, 0.25) is 0 Å². The fourth-order valence-corrected chi connectivity index (χ4v) is 4.43. The first-order valence-corrected chi connectivity index (χ1v) is 10.1. The Morgan fingerprint density at radius 2 is 1.79 bits per heavy atom. The summed E-state index contributed by atoms with van der Waals surface area (Å²) in [6.07, 6.45) is 0. The van der Waals surface area contributed by atoms with Gasteiger partial charge in [0.15, 0.2) is 0 Å². The van der Waals surface area contributed by atoms with Crippen molar-refractivity contribution in [3.63, 3.8) is 0 Å². The van der Waals surface area contributed by atoms with E-state index < -0.39 is 0 Å². The average molecular weight is 449 g/mol. The highest BCUT2D eigenvalue weighted by Gasteiger charge is 2.43. The fraction of sp³-hybridized carbons (Fsp3) is 0.136. The maximum Gasteiger partial charge on any atom is 0.293 e. The van der Waals surface area contributed by atoms with Crippen LogP contribution in [-0.2, 0) is 0 Å². The zero-order valence-corrected chi connectivity index (χ0v) is 16.9. The van der Waals surface area contributed by atoms with E-state index in [-0.39, 0.29) is 22.6 Å². The number of nitro groups is 1. The molecule has 3 aromatic carbocycles. The number of hydrazone groups is 1. The van der Waals surface area contributed by atoms with E-state index in [4.69, 9.17) is 5.10 Å². The third-order valence-corrected chi connectivity index (χ3v) is 5.99. The summed E-state index contributed by atoms with van der Waals surface area (Å²) in [6.45, 7) is 0.584. The van der Waals surface area contributed by atoms with Gasteiger partial charge in [-0.25, -0.2) is 0 Å². The number of halogens is 1. The second-order valence-electron chi connectivity index (χ2n) is 7.11. The average Bonchev–Trinajstić information content (AvgIpc) is 3.14. The predicted octanol–water partition coefficient (Wildman–Crippen LogP) is 5.36. The van der Waals surface area contributed by atoms with E-state index in [9.17, 15) is 10.1 Å². The quantitative estimate of drug-likeness (QED) is 0.432. The van der Waals surface area contributed by atoms with Gasteiger partial charge in [-0.15, -0.1) is 0 Å². The van der Waals surface area contributed by atoms with E-state index >= 15 is 0 Å². The lowest BCUT2D eigenvalue weighted by molar-refractivity contribution is -0.384. The first kappa shape index (κ1) is 17.9. The van der Waals surface area contributed by atoms with Gasteiger partial charge in [-0.3, -0.25) is 15.1 Å². The number of hydrogen-bond donors (Lipinski definition) is 1. The Kier molecular flexibility index (Phi) is 4.32. The van der Waals surface area contributed by atoms with Gasteiger partial charge in [0.05, 0.1) is 22.4 Å². The molecule has 0 saturated carbocycles. The highest BCUT2D eigenvalue weighted by molar-refractivity contribution is 9.10. The Hall–Kier alpha value is -3.19. The summed E-state index contributed by atoms with van der Waals surface area (Å²) in [7, 11) is 0. The Morgan fingerprint density at radius 3 is 2.52 bits per heavy atom. The van der Waals surface area contributed by atoms with Crippen LogP contribution in [0.1, 0.15) is 17.2 Å². The Bertz CT molecular complexity index is 1120. The van der Waals surface area contributed by atoms with Crippen LogP contribution in [0.4, 0.5) is 17.1 Å². The Balaban J connectivity index is 1.66. The maximum absolute atomic E-state index is 11.5. The lowest BCUT2D eigenvalue weighted by atomic mass is 9.83. The number of nitro benzene ring substituents is 1. The molecule has 2 heterocycles. The summed E-state index contributed by atoms with van der Waals surface area (Å²) < 4.78 is 1.02. The van der Waals surface area contributed by atoms with Gasteiger partial charge < -0.3 is 5.32 Å². The molecule has 3 aromatic rings. The minimum atomic E-state index is -0.344. The fourth-order valence-electron chi connectivity index (χ4n) is 4.17. The van der Waals surface area contributed by atoms with Crippen molar-refractivity contribution < 1.29 is 4.92 Å². The van der Waals surface area contributed by atoms with Gasteiger partial charge in [0, 0.05) is 28.6 Å². The van der Waals surface area contributed by atoms with E-state index in [0.29, 0.717) is 12.2 Å². The third kappa shape index (κ3) is 2.98. The van der Waals surface area contributed by atoms with Gasteiger partial charge in [0.1, 0.15) is 5.69 Å². The lowest BCUT2D eigenvalue weighted by Gasteiger charge is -2.31. The van der Waals surface area contributed by atoms with Crippen LogP contribution in [-0.4, -0.2) is 17.2 Å². The van der Waals surface area contributed by atoms with Gasteiger partial charge in [-0.2, -0.15) is 5.10 Å². The Morgan fingerprint density at radius 1 is 1.03 bits per heavy atom. The van der Waals surface area contributed by atoms with Crippen LogP contribution in [0.25, 0.3) is 0 Å². The molecule has 1 N–H and O–H groups in total. The summed E-state index contributed by atoms with van der Waals surface area (Å²) in [6, 6.07) is 23.5. The van der Waals surface area contributed by atoms with E-state index in [2.05, 4.69) is 33.4 Å². The number of anilines is 2. The molecular weight excluding hydrogens is 432 g/mol. The van der Waals surface area contributed by atoms with Crippen LogP contribution < -0.4 is 10.3 Å². The molecule has 2 unspecified atom stereocenters. The molecule has 0 bridgehead atoms. The normalized spacial score (nSPS) is 19.8. The zero-order chi connectivity index (χ0) is 20.0. The van der Waals surface area contributed by atoms with E-state index in [1.807, 2.05) is 53.5 Å². The summed E-state index contributed by atoms with van der Waals surface area (Å²) in [4.78, 5) is 11.1. The number of rotatable bonds is 3. The predicted molar refractivity (Wildman–Crippen MR) is 117 cm³/mol. The van der Waals surface area contributed by atoms with E-state index in [1.165, 1.54) is 6.07 Å². The molecule has 0 aromatic heterocycles. The van der Waals surface area contributed by atoms with Gasteiger partial charge in [0.25, 0.3) is 5.69 Å². The summed E-state index contributed by atoms with van der Waals surface area (Å²) in [5.41, 5.74) is 4.47. The van der Waals surface area contributed by atoms with Crippen LogP contribution in [0, 0.1) is 16.0 Å². The molecule has 0 saturated heterocycles. The summed E-state index contributed by atoms with van der Waals surface area (Å²) in [5.74, 6) is 0.0749. The van der Waals surface area contributed by atoms with Crippen molar-refractivity contribution in [1.82, 2.24) is 0 Å². The number of hydrogen-bond acceptors (Lipinski definition) is 5. The third-order valence-electron chi connectivity index (χ3n) is 5.46. The molecule has 0 aliphatic carbocycles. The smallest absolute Gasteiger partial charge is 0.293 e. The molecule has 0 spiro atoms. The standard InChI is InChI=1S/C22H17BrN4O2/c23-15-11-9-14(10-12-15)22-18-13-24-21-17(7-4-8-19(21)27(28)29)20(18)25-26(22)16-5-2-1-3-6-16/h1-12,18,22,24H,13H2. The number of nitrogens with one attached hydrogen (secondary N) is 1. The van der Waals surface area contributed by atoms with Gasteiger partial charge in [-0.05, 0) is 29.8 Å². The molecule has 29 heavy (non-hydrogen) atoms. The van der Waals surface area contributed by atoms with Crippen LogP contribution in [0.15, 0.2) is 82.4 Å². The van der Waals surface area contributed by atoms with Crippen molar-refractivity contribution in [1.29, 1.82) is 0 Å². The first-order chi connectivity index (χ1) is 14.1. The monoisotopic (exact) mass is 448 g/mol. The molecule has 0 radical (unpaired) electrons. The van der Waals surface area contributed by atoms with Crippen molar-refractivity contribution in [2.24, 2.45) is 11.0 Å². The molecule has 7 heteroatoms. The molecule has 5 rings (SSSR count). The minimum absolute atomic E-state index is 0.000382. The van der Waals surface area contributed by atoms with Crippen LogP contribution in [0.2, 0.25) is 0 Å². The van der Waals surface area contributed by atoms with Gasteiger partial charge in [-0.1, -0.05) is 58.4 Å². The second-order valence-corrected chi connectivity index (χ2v) is 8.02. The molecular formula is C22H17BrN4O2.